The smallest absolute Gasteiger partial charge is 0.330 e. The highest BCUT2D eigenvalue weighted by Crippen LogP contribution is 1.80. The minimum absolute atomic E-state index is 0.481. The van der Waals surface area contributed by atoms with Crippen LogP contribution in [0.15, 0.2) is 24.8 Å². The maximum absolute atomic E-state index is 10.3. The molecule has 0 saturated carbocycles. The zero-order valence-corrected chi connectivity index (χ0v) is 8.56. The van der Waals surface area contributed by atoms with Gasteiger partial charge in [0, 0.05) is 12.2 Å². The number of carbonyl (C=O) groups is 3. The Balaban J connectivity index is 0. The van der Waals surface area contributed by atoms with E-state index in [1.54, 1.807) is 0 Å². The third kappa shape index (κ3) is 14.7. The second-order valence-corrected chi connectivity index (χ2v) is 1.99. The third-order valence-electron chi connectivity index (χ3n) is 0.959. The highest BCUT2D eigenvalue weighted by molar-refractivity contribution is 5.91. The Morgan fingerprint density at radius 2 is 1.33 bits per heavy atom. The predicted molar refractivity (Wildman–Crippen MR) is 52.6 cm³/mol. The summed E-state index contributed by atoms with van der Waals surface area (Å²) >= 11 is 0. The van der Waals surface area contributed by atoms with Gasteiger partial charge in [-0.05, 0) is 6.08 Å². The second kappa shape index (κ2) is 9.97. The molecule has 0 heterocycles. The number of methoxy groups -OCH3 is 2. The van der Waals surface area contributed by atoms with E-state index < -0.39 is 17.8 Å². The van der Waals surface area contributed by atoms with Crippen molar-refractivity contribution in [3.05, 3.63) is 24.8 Å². The van der Waals surface area contributed by atoms with Crippen LogP contribution in [0.25, 0.3) is 0 Å². The fourth-order valence-electron chi connectivity index (χ4n) is 0.272. The van der Waals surface area contributed by atoms with Gasteiger partial charge in [0.05, 0.1) is 14.2 Å². The van der Waals surface area contributed by atoms with Crippen molar-refractivity contribution in [1.29, 1.82) is 0 Å². The van der Waals surface area contributed by atoms with E-state index >= 15 is 0 Å². The van der Waals surface area contributed by atoms with Gasteiger partial charge in [0.15, 0.2) is 0 Å². The zero-order chi connectivity index (χ0) is 12.3. The Bertz CT molecular complexity index is 252. The summed E-state index contributed by atoms with van der Waals surface area (Å²) in [7, 11) is 2.45. The van der Waals surface area contributed by atoms with E-state index in [2.05, 4.69) is 21.8 Å². The van der Waals surface area contributed by atoms with Crippen LogP contribution in [0, 0.1) is 0 Å². The molecule has 2 N–H and O–H groups in total. The lowest BCUT2D eigenvalue weighted by atomic mass is 10.5. The summed E-state index contributed by atoms with van der Waals surface area (Å²) in [5, 5.41) is 0. The summed E-state index contributed by atoms with van der Waals surface area (Å²) in [4.78, 5) is 30.1. The summed E-state index contributed by atoms with van der Waals surface area (Å²) in [6, 6.07) is 0. The first kappa shape index (κ1) is 15.4. The van der Waals surface area contributed by atoms with Crippen LogP contribution in [0.2, 0.25) is 0 Å². The molecule has 0 aliphatic carbocycles. The van der Waals surface area contributed by atoms with Crippen molar-refractivity contribution in [3.63, 3.8) is 0 Å². The number of rotatable bonds is 3. The maximum atomic E-state index is 10.3. The molecule has 0 atom stereocenters. The monoisotopic (exact) mass is 215 g/mol. The first-order valence-corrected chi connectivity index (χ1v) is 3.73. The standard InChI is InChI=1S/C6H8O4.C3H5NO/c1-9-5(7)3-4-6(8)10-2;1-2-3(4)5/h3-4H,1-2H3;2H,1H2,(H2,4,5)/b4-3+;. The number of hydrogen-bond donors (Lipinski definition) is 1. The number of hydrogen-bond acceptors (Lipinski definition) is 5. The SMILES string of the molecule is C=CC(N)=O.COC(=O)/C=C/C(=O)OC. The number of esters is 2. The van der Waals surface area contributed by atoms with Crippen LogP contribution >= 0.6 is 0 Å². The van der Waals surface area contributed by atoms with Crippen molar-refractivity contribution in [3.8, 4) is 0 Å². The number of carbonyl (C=O) groups excluding carboxylic acids is 3. The van der Waals surface area contributed by atoms with E-state index in [0.29, 0.717) is 0 Å². The molecule has 0 radical (unpaired) electrons. The number of amides is 1. The van der Waals surface area contributed by atoms with Crippen LogP contribution in [0.5, 0.6) is 0 Å². The highest BCUT2D eigenvalue weighted by atomic mass is 16.5. The lowest BCUT2D eigenvalue weighted by Gasteiger charge is -1.89. The molecule has 84 valence electrons. The fraction of sp³-hybridized carbons (Fsp3) is 0.222. The molecule has 0 aliphatic rings. The highest BCUT2D eigenvalue weighted by Gasteiger charge is 1.94. The predicted octanol–water partition coefficient (Wildman–Crippen LogP) is -0.454. The maximum Gasteiger partial charge on any atom is 0.330 e. The molecule has 0 spiro atoms. The largest absolute Gasteiger partial charge is 0.466 e. The van der Waals surface area contributed by atoms with Crippen molar-refractivity contribution in [2.45, 2.75) is 0 Å². The molecule has 0 aromatic carbocycles. The van der Waals surface area contributed by atoms with Gasteiger partial charge in [-0.2, -0.15) is 0 Å². The van der Waals surface area contributed by atoms with Crippen molar-refractivity contribution in [2.75, 3.05) is 14.2 Å². The zero-order valence-electron chi connectivity index (χ0n) is 8.56. The average Bonchev–Trinajstić information content (AvgIpc) is 2.25. The van der Waals surface area contributed by atoms with Gasteiger partial charge in [-0.15, -0.1) is 0 Å². The lowest BCUT2D eigenvalue weighted by Crippen LogP contribution is -2.04. The van der Waals surface area contributed by atoms with Crippen LogP contribution in [0.1, 0.15) is 0 Å². The quantitative estimate of drug-likeness (QED) is 0.508. The van der Waals surface area contributed by atoms with Gasteiger partial charge in [-0.3, -0.25) is 4.79 Å². The van der Waals surface area contributed by atoms with Crippen LogP contribution in [-0.4, -0.2) is 32.1 Å². The number of nitrogens with two attached hydrogens (primary N) is 1. The molecule has 0 bridgehead atoms. The van der Waals surface area contributed by atoms with E-state index in [4.69, 9.17) is 0 Å². The lowest BCUT2D eigenvalue weighted by molar-refractivity contribution is -0.137. The molecule has 0 aromatic rings. The van der Waals surface area contributed by atoms with Crippen molar-refractivity contribution in [2.24, 2.45) is 5.73 Å². The minimum Gasteiger partial charge on any atom is -0.466 e. The van der Waals surface area contributed by atoms with Crippen LogP contribution in [0.4, 0.5) is 0 Å². The first-order chi connectivity index (χ1) is 6.97. The van der Waals surface area contributed by atoms with Gasteiger partial charge < -0.3 is 15.2 Å². The van der Waals surface area contributed by atoms with Crippen LogP contribution < -0.4 is 5.73 Å². The summed E-state index contributed by atoms with van der Waals surface area (Å²) < 4.78 is 8.42. The summed E-state index contributed by atoms with van der Waals surface area (Å²) in [6.45, 7) is 3.09. The summed E-state index contributed by atoms with van der Waals surface area (Å²) in [5.41, 5.74) is 4.53. The van der Waals surface area contributed by atoms with Crippen LogP contribution in [-0.2, 0) is 23.9 Å². The second-order valence-electron chi connectivity index (χ2n) is 1.99. The van der Waals surface area contributed by atoms with E-state index in [1.807, 2.05) is 0 Å². The summed E-state index contributed by atoms with van der Waals surface area (Å²) in [6.07, 6.45) is 3.04. The number of ether oxygens (including phenoxy) is 2. The van der Waals surface area contributed by atoms with E-state index in [9.17, 15) is 14.4 Å². The Labute approximate surface area is 87.3 Å². The van der Waals surface area contributed by atoms with E-state index in [-0.39, 0.29) is 0 Å². The van der Waals surface area contributed by atoms with E-state index in [1.165, 1.54) is 14.2 Å². The molecule has 0 saturated heterocycles. The molecule has 6 heteroatoms. The van der Waals surface area contributed by atoms with Gasteiger partial charge in [0.1, 0.15) is 0 Å². The van der Waals surface area contributed by atoms with Crippen molar-refractivity contribution in [1.82, 2.24) is 0 Å². The Morgan fingerprint density at radius 1 is 1.07 bits per heavy atom. The molecule has 0 fully saturated rings. The minimum atomic E-state index is -0.578. The number of primary amides is 1. The third-order valence-corrected chi connectivity index (χ3v) is 0.959. The molecule has 6 nitrogen and oxygen atoms in total. The molecule has 0 aliphatic heterocycles. The average molecular weight is 215 g/mol. The molecule has 0 rings (SSSR count). The normalized spacial score (nSPS) is 8.40. The fourth-order valence-corrected chi connectivity index (χ4v) is 0.272. The Morgan fingerprint density at radius 3 is 1.47 bits per heavy atom. The van der Waals surface area contributed by atoms with E-state index in [0.717, 1.165) is 18.2 Å². The van der Waals surface area contributed by atoms with Crippen molar-refractivity contribution >= 4 is 17.8 Å². The van der Waals surface area contributed by atoms with Crippen molar-refractivity contribution < 1.29 is 23.9 Å². The Hall–Kier alpha value is -2.11. The van der Waals surface area contributed by atoms with Gasteiger partial charge in [-0.25, -0.2) is 9.59 Å². The molecule has 0 aromatic heterocycles. The summed E-state index contributed by atoms with van der Waals surface area (Å²) in [5.74, 6) is -1.64. The molecule has 15 heavy (non-hydrogen) atoms. The molecular weight excluding hydrogens is 202 g/mol. The first-order valence-electron chi connectivity index (χ1n) is 3.73. The van der Waals surface area contributed by atoms with Crippen LogP contribution in [0.3, 0.4) is 0 Å². The molecule has 1 amide bonds. The van der Waals surface area contributed by atoms with Gasteiger partial charge in [-0.1, -0.05) is 6.58 Å². The molecular formula is C9H13NO5. The van der Waals surface area contributed by atoms with Gasteiger partial charge in [0.2, 0.25) is 5.91 Å². The van der Waals surface area contributed by atoms with Gasteiger partial charge in [0.25, 0.3) is 0 Å². The molecule has 0 unspecified atom stereocenters. The Kier molecular flexibility index (Phi) is 10.2. The van der Waals surface area contributed by atoms with Gasteiger partial charge >= 0.3 is 11.9 Å². The topological polar surface area (TPSA) is 95.7 Å².